The summed E-state index contributed by atoms with van der Waals surface area (Å²) >= 11 is 0. The minimum atomic E-state index is -0.883. The number of benzene rings is 1. The number of imide groups is 1. The zero-order valence-electron chi connectivity index (χ0n) is 14.1. The third kappa shape index (κ3) is 2.91. The van der Waals surface area contributed by atoms with Gasteiger partial charge in [-0.2, -0.15) is 0 Å². The molecule has 0 spiro atoms. The van der Waals surface area contributed by atoms with Gasteiger partial charge in [0.05, 0.1) is 12.2 Å². The average Bonchev–Trinajstić information content (AvgIpc) is 2.99. The number of carbonyl (C=O) groups excluding carboxylic acids is 2. The van der Waals surface area contributed by atoms with E-state index in [4.69, 9.17) is 4.52 Å². The molecule has 0 radical (unpaired) electrons. The zero-order valence-corrected chi connectivity index (χ0v) is 14.1. The van der Waals surface area contributed by atoms with Crippen LogP contribution in [0.4, 0.5) is 4.79 Å². The standard InChI is InChI=1S/C18H21N3O3/c1-12-15(13(2)24-20-12)11-21-16(22)18(3,19-17(21)23)10-9-14-7-5-4-6-8-14/h4-8H,9-11H2,1-3H3,(H,19,23). The van der Waals surface area contributed by atoms with Gasteiger partial charge in [0.15, 0.2) is 0 Å². The van der Waals surface area contributed by atoms with Gasteiger partial charge in [-0.1, -0.05) is 35.5 Å². The maximum absolute atomic E-state index is 12.8. The number of amides is 3. The molecule has 1 fully saturated rings. The first-order valence-electron chi connectivity index (χ1n) is 8.00. The van der Waals surface area contributed by atoms with Crippen molar-refractivity contribution in [1.29, 1.82) is 0 Å². The first kappa shape index (κ1) is 16.2. The summed E-state index contributed by atoms with van der Waals surface area (Å²) in [6, 6.07) is 9.57. The third-order valence-electron chi connectivity index (χ3n) is 4.60. The molecule has 126 valence electrons. The van der Waals surface area contributed by atoms with Gasteiger partial charge in [-0.3, -0.25) is 9.69 Å². The molecule has 3 rings (SSSR count). The number of hydrogen-bond donors (Lipinski definition) is 1. The van der Waals surface area contributed by atoms with E-state index in [1.165, 1.54) is 4.90 Å². The fourth-order valence-corrected chi connectivity index (χ4v) is 2.98. The zero-order chi connectivity index (χ0) is 17.3. The molecule has 0 bridgehead atoms. The Hall–Kier alpha value is -2.63. The van der Waals surface area contributed by atoms with Gasteiger partial charge in [-0.05, 0) is 39.2 Å². The van der Waals surface area contributed by atoms with Crippen molar-refractivity contribution in [2.45, 2.75) is 45.7 Å². The summed E-state index contributed by atoms with van der Waals surface area (Å²) in [4.78, 5) is 26.4. The van der Waals surface area contributed by atoms with E-state index in [0.29, 0.717) is 17.9 Å². The van der Waals surface area contributed by atoms with Crippen LogP contribution in [-0.4, -0.2) is 27.5 Å². The van der Waals surface area contributed by atoms with Gasteiger partial charge in [-0.25, -0.2) is 4.79 Å². The minimum absolute atomic E-state index is 0.187. The average molecular weight is 327 g/mol. The summed E-state index contributed by atoms with van der Waals surface area (Å²) < 4.78 is 5.11. The van der Waals surface area contributed by atoms with E-state index in [0.717, 1.165) is 17.5 Å². The third-order valence-corrected chi connectivity index (χ3v) is 4.60. The number of carbonyl (C=O) groups is 2. The summed E-state index contributed by atoms with van der Waals surface area (Å²) in [5.41, 5.74) is 1.74. The van der Waals surface area contributed by atoms with Crippen molar-refractivity contribution in [1.82, 2.24) is 15.4 Å². The summed E-state index contributed by atoms with van der Waals surface area (Å²) in [5, 5.41) is 6.71. The van der Waals surface area contributed by atoms with Crippen molar-refractivity contribution in [2.24, 2.45) is 0 Å². The Morgan fingerprint density at radius 3 is 2.54 bits per heavy atom. The van der Waals surface area contributed by atoms with Crippen LogP contribution in [0.25, 0.3) is 0 Å². The normalized spacial score (nSPS) is 20.5. The van der Waals surface area contributed by atoms with Crippen molar-refractivity contribution in [3.8, 4) is 0 Å². The molecule has 0 aliphatic carbocycles. The number of urea groups is 1. The second kappa shape index (κ2) is 6.11. The van der Waals surface area contributed by atoms with E-state index in [1.54, 1.807) is 20.8 Å². The monoisotopic (exact) mass is 327 g/mol. The highest BCUT2D eigenvalue weighted by Gasteiger charge is 2.47. The molecule has 1 aromatic heterocycles. The first-order valence-corrected chi connectivity index (χ1v) is 8.00. The van der Waals surface area contributed by atoms with Crippen molar-refractivity contribution < 1.29 is 14.1 Å². The molecular formula is C18H21N3O3. The molecule has 1 N–H and O–H groups in total. The molecule has 0 saturated carbocycles. The Morgan fingerprint density at radius 1 is 1.21 bits per heavy atom. The van der Waals surface area contributed by atoms with Gasteiger partial charge in [0.1, 0.15) is 11.3 Å². The van der Waals surface area contributed by atoms with Crippen LogP contribution in [-0.2, 0) is 17.8 Å². The molecule has 2 heterocycles. The van der Waals surface area contributed by atoms with E-state index >= 15 is 0 Å². The van der Waals surface area contributed by atoms with Crippen LogP contribution < -0.4 is 5.32 Å². The van der Waals surface area contributed by atoms with Crippen molar-refractivity contribution in [3.63, 3.8) is 0 Å². The fraction of sp³-hybridized carbons (Fsp3) is 0.389. The summed E-state index contributed by atoms with van der Waals surface area (Å²) in [6.45, 7) is 5.55. The van der Waals surface area contributed by atoms with E-state index < -0.39 is 5.54 Å². The van der Waals surface area contributed by atoms with Gasteiger partial charge in [0.25, 0.3) is 5.91 Å². The van der Waals surface area contributed by atoms with Crippen LogP contribution >= 0.6 is 0 Å². The predicted octanol–water partition coefficient (Wildman–Crippen LogP) is 2.73. The molecule has 1 saturated heterocycles. The Bertz CT molecular complexity index is 750. The minimum Gasteiger partial charge on any atom is -0.361 e. The highest BCUT2D eigenvalue weighted by Crippen LogP contribution is 2.26. The lowest BCUT2D eigenvalue weighted by molar-refractivity contribution is -0.131. The maximum Gasteiger partial charge on any atom is 0.325 e. The smallest absolute Gasteiger partial charge is 0.325 e. The number of hydrogen-bond acceptors (Lipinski definition) is 4. The van der Waals surface area contributed by atoms with E-state index in [-0.39, 0.29) is 18.5 Å². The van der Waals surface area contributed by atoms with Gasteiger partial charge in [0.2, 0.25) is 0 Å². The van der Waals surface area contributed by atoms with E-state index in [9.17, 15) is 9.59 Å². The van der Waals surface area contributed by atoms with Gasteiger partial charge in [0, 0.05) is 5.56 Å². The van der Waals surface area contributed by atoms with Crippen LogP contribution in [0.2, 0.25) is 0 Å². The Morgan fingerprint density at radius 2 is 1.92 bits per heavy atom. The van der Waals surface area contributed by atoms with Crippen LogP contribution in [0.1, 0.15) is 35.9 Å². The highest BCUT2D eigenvalue weighted by molar-refractivity contribution is 6.06. The first-order chi connectivity index (χ1) is 11.4. The number of nitrogens with one attached hydrogen (secondary N) is 1. The molecule has 1 atom stereocenters. The van der Waals surface area contributed by atoms with Crippen LogP contribution in [0, 0.1) is 13.8 Å². The van der Waals surface area contributed by atoms with Crippen molar-refractivity contribution in [2.75, 3.05) is 0 Å². The molecule has 6 nitrogen and oxygen atoms in total. The maximum atomic E-state index is 12.8. The molecule has 1 aliphatic heterocycles. The lowest BCUT2D eigenvalue weighted by Gasteiger charge is -2.21. The van der Waals surface area contributed by atoms with E-state index in [2.05, 4.69) is 10.5 Å². The van der Waals surface area contributed by atoms with E-state index in [1.807, 2.05) is 30.3 Å². The number of nitrogens with zero attached hydrogens (tertiary/aromatic N) is 2. The highest BCUT2D eigenvalue weighted by atomic mass is 16.5. The predicted molar refractivity (Wildman–Crippen MR) is 88.2 cm³/mol. The van der Waals surface area contributed by atoms with Gasteiger partial charge >= 0.3 is 6.03 Å². The molecule has 3 amide bonds. The molecular weight excluding hydrogens is 306 g/mol. The number of aryl methyl sites for hydroxylation is 3. The lowest BCUT2D eigenvalue weighted by Crippen LogP contribution is -2.44. The SMILES string of the molecule is Cc1noc(C)c1CN1C(=O)NC(C)(CCc2ccccc2)C1=O. The number of aromatic nitrogens is 1. The Balaban J connectivity index is 1.73. The second-order valence-electron chi connectivity index (χ2n) is 6.44. The molecule has 2 aromatic rings. The molecule has 1 aromatic carbocycles. The van der Waals surface area contributed by atoms with Gasteiger partial charge < -0.3 is 9.84 Å². The Labute approximate surface area is 140 Å². The molecule has 1 aliphatic rings. The van der Waals surface area contributed by atoms with Gasteiger partial charge in [-0.15, -0.1) is 0 Å². The molecule has 6 heteroatoms. The van der Waals surface area contributed by atoms with Crippen LogP contribution in [0.3, 0.4) is 0 Å². The number of rotatable bonds is 5. The summed E-state index contributed by atoms with van der Waals surface area (Å²) in [7, 11) is 0. The van der Waals surface area contributed by atoms with Crippen LogP contribution in [0.5, 0.6) is 0 Å². The molecule has 24 heavy (non-hydrogen) atoms. The largest absolute Gasteiger partial charge is 0.361 e. The summed E-state index contributed by atoms with van der Waals surface area (Å²) in [5.74, 6) is 0.425. The summed E-state index contributed by atoms with van der Waals surface area (Å²) in [6.07, 6.45) is 1.28. The van der Waals surface area contributed by atoms with Crippen molar-refractivity contribution in [3.05, 3.63) is 52.9 Å². The molecule has 1 unspecified atom stereocenters. The fourth-order valence-electron chi connectivity index (χ4n) is 2.98. The topological polar surface area (TPSA) is 75.4 Å². The lowest BCUT2D eigenvalue weighted by atomic mass is 9.93. The Kier molecular flexibility index (Phi) is 4.13. The van der Waals surface area contributed by atoms with Crippen LogP contribution in [0.15, 0.2) is 34.9 Å². The van der Waals surface area contributed by atoms with Crippen molar-refractivity contribution >= 4 is 11.9 Å². The second-order valence-corrected chi connectivity index (χ2v) is 6.44. The quantitative estimate of drug-likeness (QED) is 0.857.